The monoisotopic (exact) mass is 405 g/mol. The number of carbonyl (C=O) groups excluding carboxylic acids is 1. The topological polar surface area (TPSA) is 67.8 Å². The predicted octanol–water partition coefficient (Wildman–Crippen LogP) is 4.44. The molecule has 1 aliphatic carbocycles. The second-order valence-electron chi connectivity index (χ2n) is 9.33. The molecule has 0 bridgehead atoms. The van der Waals surface area contributed by atoms with Crippen molar-refractivity contribution in [3.8, 4) is 0 Å². The van der Waals surface area contributed by atoms with Gasteiger partial charge in [-0.05, 0) is 55.5 Å². The van der Waals surface area contributed by atoms with Gasteiger partial charge in [0.05, 0.1) is 24.3 Å². The zero-order valence-corrected chi connectivity index (χ0v) is 17.7. The minimum Gasteiger partial charge on any atom is -0.509 e. The van der Waals surface area contributed by atoms with Gasteiger partial charge in [0.1, 0.15) is 5.76 Å². The molecule has 0 aromatic heterocycles. The molecule has 1 aromatic rings. The number of ether oxygens (including phenoxy) is 2. The quantitative estimate of drug-likeness (QED) is 0.724. The molecule has 1 saturated heterocycles. The van der Waals surface area contributed by atoms with Crippen LogP contribution in [0, 0.1) is 19.3 Å². The van der Waals surface area contributed by atoms with E-state index in [-0.39, 0.29) is 17.1 Å². The molecule has 3 aliphatic rings. The van der Waals surface area contributed by atoms with E-state index in [1.165, 1.54) is 0 Å². The molecule has 0 unspecified atom stereocenters. The second-order valence-corrected chi connectivity index (χ2v) is 9.76. The Kier molecular flexibility index (Phi) is 4.57. The first-order valence-corrected chi connectivity index (χ1v) is 10.3. The van der Waals surface area contributed by atoms with Crippen LogP contribution in [-0.2, 0) is 14.3 Å². The van der Waals surface area contributed by atoms with Crippen LogP contribution in [0.2, 0.25) is 5.02 Å². The van der Waals surface area contributed by atoms with Gasteiger partial charge in [0.25, 0.3) is 5.91 Å². The number of amides is 1. The maximum absolute atomic E-state index is 12.9. The highest BCUT2D eigenvalue weighted by Gasteiger charge is 2.53. The highest BCUT2D eigenvalue weighted by molar-refractivity contribution is 6.31. The SMILES string of the molecule is Cc1cc(Cl)cc(C)c1C1=C(O)C2(CCC3(CC2)OCC(C)(C)CO3)NC1=O. The minimum absolute atomic E-state index is 0.0147. The summed E-state index contributed by atoms with van der Waals surface area (Å²) in [6.07, 6.45) is 2.44. The summed E-state index contributed by atoms with van der Waals surface area (Å²) in [5.41, 5.74) is 2.17. The Bertz CT molecular complexity index is 830. The van der Waals surface area contributed by atoms with Crippen LogP contribution in [0.15, 0.2) is 17.9 Å². The third-order valence-electron chi connectivity index (χ3n) is 6.33. The van der Waals surface area contributed by atoms with Crippen LogP contribution in [0.3, 0.4) is 0 Å². The minimum atomic E-state index is -0.740. The number of hydrogen-bond acceptors (Lipinski definition) is 4. The zero-order valence-electron chi connectivity index (χ0n) is 16.9. The van der Waals surface area contributed by atoms with Gasteiger partial charge in [-0.25, -0.2) is 0 Å². The van der Waals surface area contributed by atoms with Crippen LogP contribution in [0.1, 0.15) is 56.2 Å². The summed E-state index contributed by atoms with van der Waals surface area (Å²) >= 11 is 6.14. The van der Waals surface area contributed by atoms with Crippen molar-refractivity contribution in [3.63, 3.8) is 0 Å². The van der Waals surface area contributed by atoms with Crippen LogP contribution in [0.5, 0.6) is 0 Å². The van der Waals surface area contributed by atoms with Crippen molar-refractivity contribution in [2.24, 2.45) is 5.41 Å². The lowest BCUT2D eigenvalue weighted by Crippen LogP contribution is -2.56. The van der Waals surface area contributed by atoms with Gasteiger partial charge in [-0.2, -0.15) is 0 Å². The number of hydrogen-bond donors (Lipinski definition) is 2. The Morgan fingerprint density at radius 1 is 1.04 bits per heavy atom. The number of nitrogens with one attached hydrogen (secondary N) is 1. The number of carbonyl (C=O) groups is 1. The molecule has 1 amide bonds. The molecule has 0 radical (unpaired) electrons. The number of benzene rings is 1. The average molecular weight is 406 g/mol. The third kappa shape index (κ3) is 3.14. The number of halogens is 1. The summed E-state index contributed by atoms with van der Waals surface area (Å²) in [6, 6.07) is 3.65. The van der Waals surface area contributed by atoms with Crippen LogP contribution < -0.4 is 5.32 Å². The molecule has 28 heavy (non-hydrogen) atoms. The molecule has 1 aromatic carbocycles. The fraction of sp³-hybridized carbons (Fsp3) is 0.591. The second kappa shape index (κ2) is 6.48. The van der Waals surface area contributed by atoms with Gasteiger partial charge in [-0.1, -0.05) is 25.4 Å². The largest absolute Gasteiger partial charge is 0.509 e. The van der Waals surface area contributed by atoms with E-state index in [1.807, 2.05) is 26.0 Å². The van der Waals surface area contributed by atoms with Gasteiger partial charge in [0.2, 0.25) is 0 Å². The summed E-state index contributed by atoms with van der Waals surface area (Å²) in [7, 11) is 0. The normalized spacial score (nSPS) is 25.4. The maximum atomic E-state index is 12.9. The summed E-state index contributed by atoms with van der Waals surface area (Å²) in [6.45, 7) is 9.38. The number of rotatable bonds is 1. The van der Waals surface area contributed by atoms with Crippen LogP contribution in [-0.4, -0.2) is 35.6 Å². The Morgan fingerprint density at radius 2 is 1.57 bits per heavy atom. The van der Waals surface area contributed by atoms with E-state index in [1.54, 1.807) is 0 Å². The molecule has 2 N–H and O–H groups in total. The van der Waals surface area contributed by atoms with Crippen LogP contribution in [0.25, 0.3) is 5.57 Å². The van der Waals surface area contributed by atoms with E-state index >= 15 is 0 Å². The van der Waals surface area contributed by atoms with E-state index in [0.29, 0.717) is 49.5 Å². The van der Waals surface area contributed by atoms with Gasteiger partial charge < -0.3 is 19.9 Å². The number of aryl methyl sites for hydroxylation is 2. The Hall–Kier alpha value is -1.56. The van der Waals surface area contributed by atoms with E-state index in [9.17, 15) is 9.90 Å². The van der Waals surface area contributed by atoms with Crippen molar-refractivity contribution in [1.29, 1.82) is 0 Å². The number of aliphatic hydroxyl groups is 1. The van der Waals surface area contributed by atoms with Crippen LogP contribution >= 0.6 is 11.6 Å². The first-order valence-electron chi connectivity index (χ1n) is 9.88. The lowest BCUT2D eigenvalue weighted by atomic mass is 9.76. The Morgan fingerprint density at radius 3 is 2.11 bits per heavy atom. The molecule has 2 heterocycles. The van der Waals surface area contributed by atoms with Gasteiger partial charge in [-0.3, -0.25) is 4.79 Å². The fourth-order valence-corrected chi connectivity index (χ4v) is 5.00. The predicted molar refractivity (Wildman–Crippen MR) is 108 cm³/mol. The molecule has 6 heteroatoms. The highest BCUT2D eigenvalue weighted by atomic mass is 35.5. The molecule has 152 valence electrons. The Balaban J connectivity index is 1.62. The van der Waals surface area contributed by atoms with E-state index in [4.69, 9.17) is 21.1 Å². The van der Waals surface area contributed by atoms with Gasteiger partial charge >= 0.3 is 0 Å². The third-order valence-corrected chi connectivity index (χ3v) is 6.55. The van der Waals surface area contributed by atoms with Crippen molar-refractivity contribution in [1.82, 2.24) is 5.32 Å². The lowest BCUT2D eigenvalue weighted by Gasteiger charge is -2.49. The summed E-state index contributed by atoms with van der Waals surface area (Å²) in [5, 5.41) is 14.9. The molecule has 4 rings (SSSR count). The molecule has 2 aliphatic heterocycles. The van der Waals surface area contributed by atoms with Crippen molar-refractivity contribution in [2.45, 2.75) is 64.7 Å². The zero-order chi connectivity index (χ0) is 20.3. The molecule has 5 nitrogen and oxygen atoms in total. The smallest absolute Gasteiger partial charge is 0.256 e. The van der Waals surface area contributed by atoms with E-state index < -0.39 is 11.3 Å². The molecule has 2 fully saturated rings. The lowest BCUT2D eigenvalue weighted by molar-refractivity contribution is -0.313. The number of aliphatic hydroxyl groups excluding tert-OH is 1. The summed E-state index contributed by atoms with van der Waals surface area (Å²) < 4.78 is 12.2. The van der Waals surface area contributed by atoms with E-state index in [0.717, 1.165) is 16.7 Å². The highest BCUT2D eigenvalue weighted by Crippen LogP contribution is 2.48. The average Bonchev–Trinajstić information content (AvgIpc) is 2.84. The molecular formula is C22H28ClNO4. The van der Waals surface area contributed by atoms with E-state index in [2.05, 4.69) is 19.2 Å². The fourth-order valence-electron chi connectivity index (χ4n) is 4.67. The standard InChI is InChI=1S/C22H28ClNO4/c1-13-9-15(23)10-14(2)16(13)17-18(25)21(24-19(17)26)5-7-22(8-6-21)27-11-20(3,4)12-28-22/h9-10,25H,5-8,11-12H2,1-4H3,(H,24,26). The van der Waals surface area contributed by atoms with Crippen molar-refractivity contribution >= 4 is 23.1 Å². The maximum Gasteiger partial charge on any atom is 0.256 e. The molecule has 1 saturated carbocycles. The molecular weight excluding hydrogens is 378 g/mol. The summed E-state index contributed by atoms with van der Waals surface area (Å²) in [4.78, 5) is 12.9. The first-order chi connectivity index (χ1) is 13.1. The summed E-state index contributed by atoms with van der Waals surface area (Å²) in [5.74, 6) is -0.689. The van der Waals surface area contributed by atoms with Crippen LogP contribution in [0.4, 0.5) is 0 Å². The Labute approximate surface area is 171 Å². The van der Waals surface area contributed by atoms with Crippen molar-refractivity contribution in [3.05, 3.63) is 39.6 Å². The van der Waals surface area contributed by atoms with Gasteiger partial charge in [0, 0.05) is 23.3 Å². The molecule has 0 atom stereocenters. The molecule has 2 spiro atoms. The van der Waals surface area contributed by atoms with Crippen molar-refractivity contribution in [2.75, 3.05) is 13.2 Å². The van der Waals surface area contributed by atoms with Gasteiger partial charge in [-0.15, -0.1) is 0 Å². The van der Waals surface area contributed by atoms with Gasteiger partial charge in [0.15, 0.2) is 5.79 Å². The van der Waals surface area contributed by atoms with Crippen molar-refractivity contribution < 1.29 is 19.4 Å². The first kappa shape index (κ1) is 19.7.